The highest BCUT2D eigenvalue weighted by atomic mass is 32.2. The molecule has 5 N–H and O–H groups in total. The zero-order valence-electron chi connectivity index (χ0n) is 24.3. The zero-order chi connectivity index (χ0) is 29.6. The number of phosphoric ester groups is 1. The van der Waals surface area contributed by atoms with E-state index in [2.05, 4.69) is 22.1 Å². The number of unbranched alkanes of at least 4 members (excludes halogenated alkanes) is 12. The molecule has 0 aliphatic heterocycles. The number of hydrogen-bond donors (Lipinski definition) is 5. The number of carbonyl (C=O) groups excluding carboxylic acids is 3. The monoisotopic (exact) mass is 596 g/mol. The Morgan fingerprint density at radius 1 is 0.821 bits per heavy atom. The van der Waals surface area contributed by atoms with Gasteiger partial charge < -0.3 is 25.5 Å². The third-order valence-electron chi connectivity index (χ3n) is 6.42. The topological polar surface area (TPSA) is 162 Å². The molecule has 0 rings (SSSR count). The van der Waals surface area contributed by atoms with E-state index in [1.165, 1.54) is 96.2 Å². The van der Waals surface area contributed by atoms with E-state index in [9.17, 15) is 24.1 Å². The molecule has 0 bridgehead atoms. The van der Waals surface area contributed by atoms with Gasteiger partial charge in [0.15, 0.2) is 5.12 Å². The van der Waals surface area contributed by atoms with Crippen molar-refractivity contribution in [1.29, 1.82) is 0 Å². The molecule has 10 nitrogen and oxygen atoms in total. The van der Waals surface area contributed by atoms with Gasteiger partial charge in [0.2, 0.25) is 11.8 Å². The molecule has 39 heavy (non-hydrogen) atoms. The predicted octanol–water partition coefficient (Wildman–Crippen LogP) is 4.85. The standard InChI is InChI=1S/C27H53N2O8PS/c1-4-5-6-7-8-9-10-11-12-13-14-15-16-17-24(31)39-21-20-28-23(30)18-19-29-26(33)25(32)27(2,3)22-37-38(34,35)36/h25,32H,4-22H2,1-3H3,(H,28,30)(H,29,33)(H2,34,35,36)/t25-/m1/s1. The lowest BCUT2D eigenvalue weighted by Gasteiger charge is -2.29. The molecule has 0 heterocycles. The Hall–Kier alpha value is -0.970. The fraction of sp³-hybridized carbons (Fsp3) is 0.889. The van der Waals surface area contributed by atoms with Crippen LogP contribution in [-0.4, -0.2) is 63.4 Å². The van der Waals surface area contributed by atoms with E-state index in [1.54, 1.807) is 0 Å². The van der Waals surface area contributed by atoms with Crippen LogP contribution in [0.2, 0.25) is 0 Å². The molecule has 0 aromatic heterocycles. The molecule has 230 valence electrons. The van der Waals surface area contributed by atoms with Crippen LogP contribution >= 0.6 is 19.6 Å². The third kappa shape index (κ3) is 23.4. The lowest BCUT2D eigenvalue weighted by atomic mass is 9.87. The van der Waals surface area contributed by atoms with E-state index >= 15 is 0 Å². The van der Waals surface area contributed by atoms with E-state index in [4.69, 9.17) is 9.79 Å². The van der Waals surface area contributed by atoms with Gasteiger partial charge >= 0.3 is 7.82 Å². The fourth-order valence-electron chi connectivity index (χ4n) is 3.88. The first-order valence-corrected chi connectivity index (χ1v) is 17.0. The molecular formula is C27H53N2O8PS. The Kier molecular flexibility index (Phi) is 22.1. The van der Waals surface area contributed by atoms with Crippen molar-refractivity contribution >= 4 is 36.5 Å². The third-order valence-corrected chi connectivity index (χ3v) is 7.82. The van der Waals surface area contributed by atoms with Gasteiger partial charge in [-0.05, 0) is 6.42 Å². The van der Waals surface area contributed by atoms with E-state index < -0.39 is 31.9 Å². The molecule has 12 heteroatoms. The molecule has 0 unspecified atom stereocenters. The number of amides is 2. The number of phosphoric acid groups is 1. The molecule has 1 atom stereocenters. The number of rotatable bonds is 25. The molecular weight excluding hydrogens is 543 g/mol. The largest absolute Gasteiger partial charge is 0.469 e. The summed E-state index contributed by atoms with van der Waals surface area (Å²) in [6, 6.07) is 0. The van der Waals surface area contributed by atoms with Gasteiger partial charge in [-0.25, -0.2) is 4.57 Å². The van der Waals surface area contributed by atoms with E-state index in [0.717, 1.165) is 12.8 Å². The second-order valence-corrected chi connectivity index (χ2v) is 13.2. The molecule has 0 radical (unpaired) electrons. The molecule has 2 amide bonds. The van der Waals surface area contributed by atoms with Crippen LogP contribution in [0.4, 0.5) is 0 Å². The number of nitrogens with one attached hydrogen (secondary N) is 2. The van der Waals surface area contributed by atoms with Gasteiger partial charge in [-0.1, -0.05) is 110 Å². The van der Waals surface area contributed by atoms with Crippen LogP contribution in [0.25, 0.3) is 0 Å². The summed E-state index contributed by atoms with van der Waals surface area (Å²) < 4.78 is 15.2. The average molecular weight is 597 g/mol. The summed E-state index contributed by atoms with van der Waals surface area (Å²) in [5.41, 5.74) is -1.25. The summed E-state index contributed by atoms with van der Waals surface area (Å²) in [5.74, 6) is -0.572. The highest BCUT2D eigenvalue weighted by Gasteiger charge is 2.35. The lowest BCUT2D eigenvalue weighted by Crippen LogP contribution is -2.46. The minimum Gasteiger partial charge on any atom is -0.383 e. The summed E-state index contributed by atoms with van der Waals surface area (Å²) in [6.07, 6.45) is 15.5. The maximum absolute atomic E-state index is 12.1. The predicted molar refractivity (Wildman–Crippen MR) is 156 cm³/mol. The zero-order valence-corrected chi connectivity index (χ0v) is 26.0. The van der Waals surface area contributed by atoms with Gasteiger partial charge in [0.05, 0.1) is 6.61 Å². The Balaban J connectivity index is 3.69. The number of aliphatic hydroxyl groups is 1. The van der Waals surface area contributed by atoms with Crippen molar-refractivity contribution in [3.8, 4) is 0 Å². The minimum atomic E-state index is -4.72. The summed E-state index contributed by atoms with van der Waals surface area (Å²) in [7, 11) is -4.72. The lowest BCUT2D eigenvalue weighted by molar-refractivity contribution is -0.137. The molecule has 0 aromatic rings. The van der Waals surface area contributed by atoms with Crippen molar-refractivity contribution in [2.24, 2.45) is 5.41 Å². The van der Waals surface area contributed by atoms with Crippen LogP contribution in [0, 0.1) is 5.41 Å². The van der Waals surface area contributed by atoms with Gasteiger partial charge in [0.25, 0.3) is 0 Å². The van der Waals surface area contributed by atoms with Crippen LogP contribution < -0.4 is 10.6 Å². The van der Waals surface area contributed by atoms with Gasteiger partial charge in [-0.15, -0.1) is 0 Å². The second kappa shape index (κ2) is 22.7. The molecule has 0 aromatic carbocycles. The van der Waals surface area contributed by atoms with Crippen molar-refractivity contribution in [1.82, 2.24) is 10.6 Å². The Morgan fingerprint density at radius 3 is 1.85 bits per heavy atom. The van der Waals surface area contributed by atoms with E-state index in [1.807, 2.05) is 0 Å². The van der Waals surface area contributed by atoms with Crippen molar-refractivity contribution in [3.05, 3.63) is 0 Å². The SMILES string of the molecule is CCCCCCCCCCCCCCCC(=O)SCCNC(=O)CCNC(=O)[C@@H](O)C(C)(C)COP(=O)(O)O. The molecule has 0 fully saturated rings. The molecule has 0 aliphatic carbocycles. The maximum atomic E-state index is 12.1. The first-order valence-electron chi connectivity index (χ1n) is 14.5. The van der Waals surface area contributed by atoms with Crippen LogP contribution in [0.5, 0.6) is 0 Å². The van der Waals surface area contributed by atoms with Crippen LogP contribution in [0.3, 0.4) is 0 Å². The Labute approximate surface area is 239 Å². The van der Waals surface area contributed by atoms with Gasteiger partial charge in [-0.3, -0.25) is 18.9 Å². The number of carbonyl (C=O) groups is 3. The normalized spacial score (nSPS) is 12.8. The van der Waals surface area contributed by atoms with E-state index in [0.29, 0.717) is 18.7 Å². The van der Waals surface area contributed by atoms with Gasteiger partial charge in [0, 0.05) is 37.1 Å². The maximum Gasteiger partial charge on any atom is 0.469 e. The van der Waals surface area contributed by atoms with Crippen LogP contribution in [0.1, 0.15) is 117 Å². The number of hydrogen-bond acceptors (Lipinski definition) is 7. The van der Waals surface area contributed by atoms with Gasteiger partial charge in [-0.2, -0.15) is 0 Å². The first-order chi connectivity index (χ1) is 18.4. The summed E-state index contributed by atoms with van der Waals surface area (Å²) >= 11 is 1.22. The average Bonchev–Trinajstić information content (AvgIpc) is 2.87. The smallest absolute Gasteiger partial charge is 0.383 e. The first kappa shape index (κ1) is 38.0. The van der Waals surface area contributed by atoms with Crippen molar-refractivity contribution < 1.29 is 38.4 Å². The Morgan fingerprint density at radius 2 is 1.33 bits per heavy atom. The summed E-state index contributed by atoms with van der Waals surface area (Å²) in [5, 5.41) is 15.4. The minimum absolute atomic E-state index is 0.00452. The number of aliphatic hydroxyl groups excluding tert-OH is 1. The number of thioether (sulfide) groups is 1. The highest BCUT2D eigenvalue weighted by Crippen LogP contribution is 2.38. The van der Waals surface area contributed by atoms with Crippen molar-refractivity contribution in [2.75, 3.05) is 25.4 Å². The summed E-state index contributed by atoms with van der Waals surface area (Å²) in [4.78, 5) is 53.6. The molecule has 0 spiro atoms. The van der Waals surface area contributed by atoms with Crippen molar-refractivity contribution in [3.63, 3.8) is 0 Å². The quantitative estimate of drug-likeness (QED) is 0.0733. The van der Waals surface area contributed by atoms with Crippen LogP contribution in [-0.2, 0) is 23.5 Å². The molecule has 0 aliphatic rings. The highest BCUT2D eigenvalue weighted by molar-refractivity contribution is 8.13. The molecule has 0 saturated heterocycles. The van der Waals surface area contributed by atoms with Crippen molar-refractivity contribution in [2.45, 2.75) is 123 Å². The second-order valence-electron chi connectivity index (χ2n) is 10.8. The van der Waals surface area contributed by atoms with E-state index in [-0.39, 0.29) is 24.0 Å². The Bertz CT molecular complexity index is 733. The summed E-state index contributed by atoms with van der Waals surface area (Å²) in [6.45, 7) is 4.91. The molecule has 0 saturated carbocycles. The van der Waals surface area contributed by atoms with Crippen LogP contribution in [0.15, 0.2) is 0 Å². The van der Waals surface area contributed by atoms with Gasteiger partial charge in [0.1, 0.15) is 6.10 Å². The fourth-order valence-corrected chi connectivity index (χ4v) is 5.10.